The van der Waals surface area contributed by atoms with E-state index < -0.39 is 0 Å². The number of thiophene rings is 2. The first-order chi connectivity index (χ1) is 12.5. The average molecular weight is 420 g/mol. The van der Waals surface area contributed by atoms with Crippen molar-refractivity contribution < 1.29 is 9.59 Å². The van der Waals surface area contributed by atoms with E-state index in [1.807, 2.05) is 25.1 Å². The zero-order valence-corrected chi connectivity index (χ0v) is 16.8. The van der Waals surface area contributed by atoms with Crippen LogP contribution in [-0.4, -0.2) is 22.6 Å². The molecule has 0 fully saturated rings. The van der Waals surface area contributed by atoms with Crippen LogP contribution in [0.4, 0.5) is 5.13 Å². The van der Waals surface area contributed by atoms with Gasteiger partial charge in [-0.1, -0.05) is 29.5 Å². The van der Waals surface area contributed by atoms with E-state index in [-0.39, 0.29) is 17.6 Å². The molecule has 0 radical (unpaired) electrons. The highest BCUT2D eigenvalue weighted by Gasteiger charge is 2.17. The molecule has 0 aliphatic rings. The van der Waals surface area contributed by atoms with E-state index in [0.717, 1.165) is 19.3 Å². The van der Waals surface area contributed by atoms with Crippen LogP contribution in [0.15, 0.2) is 34.5 Å². The molecule has 0 aliphatic heterocycles. The maximum absolute atomic E-state index is 12.6. The van der Waals surface area contributed by atoms with Gasteiger partial charge in [0.05, 0.1) is 25.2 Å². The fourth-order valence-corrected chi connectivity index (χ4v) is 6.77. The van der Waals surface area contributed by atoms with Gasteiger partial charge in [-0.25, -0.2) is 4.98 Å². The molecule has 1 aromatic carbocycles. The summed E-state index contributed by atoms with van der Waals surface area (Å²) in [4.78, 5) is 28.5. The lowest BCUT2D eigenvalue weighted by Crippen LogP contribution is -2.12. The highest BCUT2D eigenvalue weighted by molar-refractivity contribution is 8.01. The average Bonchev–Trinajstić information content (AvgIpc) is 3.25. The monoisotopic (exact) mass is 419 g/mol. The summed E-state index contributed by atoms with van der Waals surface area (Å²) < 4.78 is 4.38. The van der Waals surface area contributed by atoms with Crippen molar-refractivity contribution in [3.63, 3.8) is 0 Å². The maximum Gasteiger partial charge on any atom is 0.267 e. The fourth-order valence-electron chi connectivity index (χ4n) is 2.48. The molecule has 4 aromatic rings. The van der Waals surface area contributed by atoms with Gasteiger partial charge in [0.2, 0.25) is 5.91 Å². The summed E-state index contributed by atoms with van der Waals surface area (Å²) in [5.41, 5.74) is 5.96. The molecule has 3 heterocycles. The smallest absolute Gasteiger partial charge is 0.267 e. The zero-order valence-electron chi connectivity index (χ0n) is 13.6. The van der Waals surface area contributed by atoms with Gasteiger partial charge in [-0.3, -0.25) is 14.9 Å². The Balaban J connectivity index is 1.55. The summed E-state index contributed by atoms with van der Waals surface area (Å²) in [5, 5.41) is 4.58. The van der Waals surface area contributed by atoms with E-state index in [0.29, 0.717) is 10.0 Å². The summed E-state index contributed by atoms with van der Waals surface area (Å²) in [6, 6.07) is 10.1. The number of aryl methyl sites for hydroxylation is 1. The Morgan fingerprint density at radius 3 is 2.81 bits per heavy atom. The normalized spacial score (nSPS) is 11.3. The number of nitrogens with zero attached hydrogens (tertiary/aromatic N) is 1. The molecule has 9 heteroatoms. The second kappa shape index (κ2) is 6.99. The third-order valence-electron chi connectivity index (χ3n) is 3.59. The maximum atomic E-state index is 12.6. The van der Waals surface area contributed by atoms with Gasteiger partial charge in [-0.15, -0.1) is 34.4 Å². The first kappa shape index (κ1) is 17.5. The molecular weight excluding hydrogens is 406 g/mol. The molecule has 0 bridgehead atoms. The molecule has 2 amide bonds. The van der Waals surface area contributed by atoms with Crippen molar-refractivity contribution in [1.29, 1.82) is 0 Å². The third kappa shape index (κ3) is 3.35. The summed E-state index contributed by atoms with van der Waals surface area (Å²) in [5.74, 6) is -0.341. The number of thiazole rings is 1. The number of rotatable bonds is 5. The lowest BCUT2D eigenvalue weighted by atomic mass is 10.2. The molecule has 0 aliphatic carbocycles. The van der Waals surface area contributed by atoms with Crippen LogP contribution in [0.2, 0.25) is 0 Å². The van der Waals surface area contributed by atoms with E-state index in [2.05, 4.69) is 22.4 Å². The SMILES string of the molecule is Cc1nc(NC(=O)c2cc3sc4ccccc4c3s2)sc1SCC(N)=O. The van der Waals surface area contributed by atoms with Gasteiger partial charge in [0, 0.05) is 14.8 Å². The molecule has 26 heavy (non-hydrogen) atoms. The predicted octanol–water partition coefficient (Wildman–Crippen LogP) is 4.71. The van der Waals surface area contributed by atoms with Crippen molar-refractivity contribution >= 4 is 82.2 Å². The van der Waals surface area contributed by atoms with E-state index in [9.17, 15) is 9.59 Å². The largest absolute Gasteiger partial charge is 0.369 e. The minimum atomic E-state index is -0.376. The number of carbonyl (C=O) groups is 2. The van der Waals surface area contributed by atoms with Crippen LogP contribution in [0.3, 0.4) is 0 Å². The Bertz CT molecular complexity index is 1140. The molecule has 3 N–H and O–H groups in total. The number of hydrogen-bond donors (Lipinski definition) is 2. The minimum Gasteiger partial charge on any atom is -0.369 e. The van der Waals surface area contributed by atoms with Crippen molar-refractivity contribution in [2.45, 2.75) is 11.1 Å². The second-order valence-electron chi connectivity index (χ2n) is 5.50. The predicted molar refractivity (Wildman–Crippen MR) is 112 cm³/mol. The molecule has 0 saturated carbocycles. The van der Waals surface area contributed by atoms with Crippen LogP contribution in [0.25, 0.3) is 19.5 Å². The van der Waals surface area contributed by atoms with E-state index in [1.165, 1.54) is 44.5 Å². The molecule has 0 spiro atoms. The highest BCUT2D eigenvalue weighted by Crippen LogP contribution is 2.39. The summed E-state index contributed by atoms with van der Waals surface area (Å²) in [6.07, 6.45) is 0. The Morgan fingerprint density at radius 1 is 1.19 bits per heavy atom. The van der Waals surface area contributed by atoms with Gasteiger partial charge in [0.15, 0.2) is 5.13 Å². The Kier molecular flexibility index (Phi) is 4.70. The number of aromatic nitrogens is 1. The number of hydrogen-bond acceptors (Lipinski definition) is 7. The molecule has 0 atom stereocenters. The van der Waals surface area contributed by atoms with Gasteiger partial charge in [-0.2, -0.15) is 0 Å². The lowest BCUT2D eigenvalue weighted by molar-refractivity contribution is -0.115. The Hall–Kier alpha value is -1.94. The minimum absolute atomic E-state index is 0.164. The highest BCUT2D eigenvalue weighted by atomic mass is 32.2. The first-order valence-corrected chi connectivity index (χ1v) is 11.1. The summed E-state index contributed by atoms with van der Waals surface area (Å²) in [6.45, 7) is 1.85. The quantitative estimate of drug-likeness (QED) is 0.459. The van der Waals surface area contributed by atoms with Gasteiger partial charge < -0.3 is 5.73 Å². The Morgan fingerprint density at radius 2 is 2.00 bits per heavy atom. The zero-order chi connectivity index (χ0) is 18.3. The standard InChI is InChI=1S/C17H13N3O2S4/c1-8-16(23-7-13(18)21)26-17(19-8)20-15(22)12-6-11-14(25-12)9-4-2-3-5-10(9)24-11/h2-6H,7H2,1H3,(H2,18,21)(H,19,20,22). The van der Waals surface area contributed by atoms with Crippen molar-refractivity contribution in [3.05, 3.63) is 40.9 Å². The molecule has 132 valence electrons. The van der Waals surface area contributed by atoms with Gasteiger partial charge in [0.1, 0.15) is 0 Å². The van der Waals surface area contributed by atoms with Crippen LogP contribution in [-0.2, 0) is 4.79 Å². The van der Waals surface area contributed by atoms with E-state index in [1.54, 1.807) is 11.3 Å². The summed E-state index contributed by atoms with van der Waals surface area (Å²) >= 11 is 5.88. The van der Waals surface area contributed by atoms with E-state index >= 15 is 0 Å². The topological polar surface area (TPSA) is 85.1 Å². The number of anilines is 1. The number of nitrogens with one attached hydrogen (secondary N) is 1. The number of carbonyl (C=O) groups excluding carboxylic acids is 2. The van der Waals surface area contributed by atoms with Crippen molar-refractivity contribution in [1.82, 2.24) is 4.98 Å². The van der Waals surface area contributed by atoms with Crippen LogP contribution >= 0.6 is 45.8 Å². The number of fused-ring (bicyclic) bond motifs is 3. The molecular formula is C17H13N3O2S4. The van der Waals surface area contributed by atoms with Crippen molar-refractivity contribution in [3.8, 4) is 0 Å². The molecule has 0 saturated heterocycles. The number of thioether (sulfide) groups is 1. The van der Waals surface area contributed by atoms with Crippen LogP contribution < -0.4 is 11.1 Å². The molecule has 5 nitrogen and oxygen atoms in total. The molecule has 0 unspecified atom stereocenters. The number of nitrogens with two attached hydrogens (primary N) is 1. The third-order valence-corrected chi connectivity index (χ3v) is 8.47. The number of amides is 2. The van der Waals surface area contributed by atoms with Crippen molar-refractivity contribution in [2.75, 3.05) is 11.1 Å². The molecule has 4 rings (SSSR count). The first-order valence-electron chi connectivity index (χ1n) is 7.62. The number of primary amides is 1. The fraction of sp³-hybridized carbons (Fsp3) is 0.118. The number of benzene rings is 1. The van der Waals surface area contributed by atoms with Crippen LogP contribution in [0.1, 0.15) is 15.4 Å². The summed E-state index contributed by atoms with van der Waals surface area (Å²) in [7, 11) is 0. The van der Waals surface area contributed by atoms with Crippen molar-refractivity contribution in [2.24, 2.45) is 5.73 Å². The molecule has 3 aromatic heterocycles. The van der Waals surface area contributed by atoms with Crippen LogP contribution in [0, 0.1) is 6.92 Å². The Labute approximate surface area is 165 Å². The van der Waals surface area contributed by atoms with Gasteiger partial charge in [-0.05, 0) is 19.1 Å². The lowest BCUT2D eigenvalue weighted by Gasteiger charge is -1.97. The van der Waals surface area contributed by atoms with Crippen LogP contribution in [0.5, 0.6) is 0 Å². The van der Waals surface area contributed by atoms with E-state index in [4.69, 9.17) is 5.73 Å². The second-order valence-corrected chi connectivity index (χ2v) is 9.88. The van der Waals surface area contributed by atoms with Gasteiger partial charge in [0.25, 0.3) is 5.91 Å². The van der Waals surface area contributed by atoms with Gasteiger partial charge >= 0.3 is 0 Å².